The quantitative estimate of drug-likeness (QED) is 0.907. The maximum absolute atomic E-state index is 5.85. The van der Waals surface area contributed by atoms with Crippen LogP contribution >= 0.6 is 11.3 Å². The molecule has 0 spiro atoms. The highest BCUT2D eigenvalue weighted by Crippen LogP contribution is 2.30. The molecule has 4 heteroatoms. The Labute approximate surface area is 105 Å². The molecule has 1 atom stereocenters. The molecule has 1 aromatic heterocycles. The summed E-state index contributed by atoms with van der Waals surface area (Å²) in [5, 5.41) is 0.980. The second-order valence-electron chi connectivity index (χ2n) is 3.97. The SMILES string of the molecule is COc1ccc(-c2nc(C(C)N)sc2C)cc1. The fourth-order valence-corrected chi connectivity index (χ4v) is 2.53. The van der Waals surface area contributed by atoms with Gasteiger partial charge in [0.05, 0.1) is 18.8 Å². The number of hydrogen-bond donors (Lipinski definition) is 1. The summed E-state index contributed by atoms with van der Waals surface area (Å²) in [4.78, 5) is 5.78. The van der Waals surface area contributed by atoms with Gasteiger partial charge in [0.2, 0.25) is 0 Å². The maximum Gasteiger partial charge on any atom is 0.118 e. The molecule has 0 aliphatic carbocycles. The molecule has 2 N–H and O–H groups in total. The molecular weight excluding hydrogens is 232 g/mol. The highest BCUT2D eigenvalue weighted by atomic mass is 32.1. The second kappa shape index (κ2) is 4.85. The van der Waals surface area contributed by atoms with E-state index in [9.17, 15) is 0 Å². The van der Waals surface area contributed by atoms with E-state index in [-0.39, 0.29) is 6.04 Å². The van der Waals surface area contributed by atoms with Gasteiger partial charge >= 0.3 is 0 Å². The van der Waals surface area contributed by atoms with Gasteiger partial charge in [0.15, 0.2) is 0 Å². The minimum atomic E-state index is -0.00861. The van der Waals surface area contributed by atoms with Crippen molar-refractivity contribution in [3.63, 3.8) is 0 Å². The van der Waals surface area contributed by atoms with Crippen LogP contribution in [0.5, 0.6) is 5.75 Å². The van der Waals surface area contributed by atoms with Crippen LogP contribution in [0.2, 0.25) is 0 Å². The van der Waals surface area contributed by atoms with Crippen molar-refractivity contribution < 1.29 is 4.74 Å². The number of aromatic nitrogens is 1. The summed E-state index contributed by atoms with van der Waals surface area (Å²) < 4.78 is 5.14. The van der Waals surface area contributed by atoms with E-state index >= 15 is 0 Å². The lowest BCUT2D eigenvalue weighted by atomic mass is 10.1. The third-order valence-electron chi connectivity index (χ3n) is 2.57. The average molecular weight is 248 g/mol. The molecule has 0 saturated carbocycles. The number of methoxy groups -OCH3 is 1. The highest BCUT2D eigenvalue weighted by molar-refractivity contribution is 7.12. The van der Waals surface area contributed by atoms with Crippen molar-refractivity contribution in [2.75, 3.05) is 7.11 Å². The van der Waals surface area contributed by atoms with Gasteiger partial charge in [-0.1, -0.05) is 0 Å². The van der Waals surface area contributed by atoms with Crippen LogP contribution in [0.25, 0.3) is 11.3 Å². The van der Waals surface area contributed by atoms with Crippen LogP contribution in [0.1, 0.15) is 22.9 Å². The Morgan fingerprint density at radius 1 is 1.29 bits per heavy atom. The Morgan fingerprint density at radius 2 is 1.94 bits per heavy atom. The number of nitrogens with two attached hydrogens (primary N) is 1. The van der Waals surface area contributed by atoms with Gasteiger partial charge in [-0.2, -0.15) is 0 Å². The van der Waals surface area contributed by atoms with Crippen LogP contribution in [0.3, 0.4) is 0 Å². The van der Waals surface area contributed by atoms with Gasteiger partial charge < -0.3 is 10.5 Å². The Bertz CT molecular complexity index is 503. The van der Waals surface area contributed by atoms with Crippen molar-refractivity contribution in [2.24, 2.45) is 5.73 Å². The maximum atomic E-state index is 5.85. The number of nitrogens with zero attached hydrogens (tertiary/aromatic N) is 1. The molecule has 0 amide bonds. The first-order valence-electron chi connectivity index (χ1n) is 5.49. The molecule has 0 aliphatic heterocycles. The number of hydrogen-bond acceptors (Lipinski definition) is 4. The summed E-state index contributed by atoms with van der Waals surface area (Å²) in [6.07, 6.45) is 0. The van der Waals surface area contributed by atoms with Crippen molar-refractivity contribution in [2.45, 2.75) is 19.9 Å². The third kappa shape index (κ3) is 2.48. The molecule has 0 bridgehead atoms. The van der Waals surface area contributed by atoms with E-state index in [2.05, 4.69) is 11.9 Å². The fraction of sp³-hybridized carbons (Fsp3) is 0.308. The van der Waals surface area contributed by atoms with Gasteiger partial charge in [-0.3, -0.25) is 0 Å². The number of thiazole rings is 1. The predicted octanol–water partition coefficient (Wildman–Crippen LogP) is 3.15. The topological polar surface area (TPSA) is 48.1 Å². The third-order valence-corrected chi connectivity index (χ3v) is 3.74. The second-order valence-corrected chi connectivity index (χ2v) is 5.21. The van der Waals surface area contributed by atoms with Gasteiger partial charge in [-0.25, -0.2) is 4.98 Å². The molecule has 2 aromatic rings. The molecule has 17 heavy (non-hydrogen) atoms. The Morgan fingerprint density at radius 3 is 2.41 bits per heavy atom. The van der Waals surface area contributed by atoms with Gasteiger partial charge in [0, 0.05) is 10.4 Å². The summed E-state index contributed by atoms with van der Waals surface area (Å²) in [7, 11) is 1.66. The highest BCUT2D eigenvalue weighted by Gasteiger charge is 2.12. The van der Waals surface area contributed by atoms with Crippen LogP contribution in [0.4, 0.5) is 0 Å². The molecule has 90 valence electrons. The minimum absolute atomic E-state index is 0.00861. The van der Waals surface area contributed by atoms with E-state index in [0.717, 1.165) is 22.0 Å². The largest absolute Gasteiger partial charge is 0.497 e. The van der Waals surface area contributed by atoms with Crippen molar-refractivity contribution in [3.05, 3.63) is 34.2 Å². The van der Waals surface area contributed by atoms with Crippen LogP contribution in [0, 0.1) is 6.92 Å². The van der Waals surface area contributed by atoms with Crippen LogP contribution in [0.15, 0.2) is 24.3 Å². The summed E-state index contributed by atoms with van der Waals surface area (Å²) in [5.74, 6) is 0.856. The Kier molecular flexibility index (Phi) is 3.45. The van der Waals surface area contributed by atoms with Crippen molar-refractivity contribution in [1.29, 1.82) is 0 Å². The first kappa shape index (κ1) is 12.1. The lowest BCUT2D eigenvalue weighted by Crippen LogP contribution is -2.03. The van der Waals surface area contributed by atoms with Crippen molar-refractivity contribution in [1.82, 2.24) is 4.98 Å². The molecule has 2 rings (SSSR count). The van der Waals surface area contributed by atoms with E-state index in [0.29, 0.717) is 0 Å². The zero-order chi connectivity index (χ0) is 12.4. The lowest BCUT2D eigenvalue weighted by Gasteiger charge is -2.02. The zero-order valence-electron chi connectivity index (χ0n) is 10.2. The molecular formula is C13H16N2OS. The number of rotatable bonds is 3. The Hall–Kier alpha value is -1.39. The molecule has 0 aliphatic rings. The van der Waals surface area contributed by atoms with Gasteiger partial charge in [0.1, 0.15) is 10.8 Å². The predicted molar refractivity (Wildman–Crippen MR) is 71.4 cm³/mol. The van der Waals surface area contributed by atoms with E-state index in [4.69, 9.17) is 10.5 Å². The van der Waals surface area contributed by atoms with Crippen LogP contribution in [-0.4, -0.2) is 12.1 Å². The van der Waals surface area contributed by atoms with E-state index < -0.39 is 0 Å². The monoisotopic (exact) mass is 248 g/mol. The van der Waals surface area contributed by atoms with E-state index in [1.807, 2.05) is 31.2 Å². The van der Waals surface area contributed by atoms with Gasteiger partial charge in [-0.15, -0.1) is 11.3 Å². The molecule has 1 aromatic carbocycles. The lowest BCUT2D eigenvalue weighted by molar-refractivity contribution is 0.415. The summed E-state index contributed by atoms with van der Waals surface area (Å²) in [6, 6.07) is 7.92. The Balaban J connectivity index is 2.38. The standard InChI is InChI=1S/C13H16N2OS/c1-8(14)13-15-12(9(2)17-13)10-4-6-11(16-3)7-5-10/h4-8H,14H2,1-3H3. The molecule has 0 radical (unpaired) electrons. The first-order chi connectivity index (χ1) is 8.11. The van der Waals surface area contributed by atoms with Gasteiger partial charge in [0.25, 0.3) is 0 Å². The molecule has 1 unspecified atom stereocenters. The minimum Gasteiger partial charge on any atom is -0.497 e. The molecule has 0 saturated heterocycles. The van der Waals surface area contributed by atoms with Crippen LogP contribution < -0.4 is 10.5 Å². The van der Waals surface area contributed by atoms with Gasteiger partial charge in [-0.05, 0) is 38.1 Å². The summed E-state index contributed by atoms with van der Waals surface area (Å²) in [5.41, 5.74) is 7.97. The van der Waals surface area contributed by atoms with Crippen molar-refractivity contribution >= 4 is 11.3 Å². The van der Waals surface area contributed by atoms with Crippen molar-refractivity contribution in [3.8, 4) is 17.0 Å². The average Bonchev–Trinajstić information content (AvgIpc) is 2.72. The van der Waals surface area contributed by atoms with Crippen LogP contribution in [-0.2, 0) is 0 Å². The molecule has 3 nitrogen and oxygen atoms in total. The summed E-state index contributed by atoms with van der Waals surface area (Å²) in [6.45, 7) is 4.03. The number of benzene rings is 1. The normalized spacial score (nSPS) is 12.5. The molecule has 1 heterocycles. The smallest absolute Gasteiger partial charge is 0.118 e. The molecule has 0 fully saturated rings. The summed E-state index contributed by atoms with van der Waals surface area (Å²) >= 11 is 1.66. The first-order valence-corrected chi connectivity index (χ1v) is 6.31. The number of ether oxygens (including phenoxy) is 1. The van der Waals surface area contributed by atoms with E-state index in [1.54, 1.807) is 18.4 Å². The fourth-order valence-electron chi connectivity index (χ4n) is 1.63. The van der Waals surface area contributed by atoms with E-state index in [1.165, 1.54) is 4.88 Å². The number of aryl methyl sites for hydroxylation is 1. The zero-order valence-corrected chi connectivity index (χ0v) is 11.0.